The van der Waals surface area contributed by atoms with Gasteiger partial charge >= 0.3 is 0 Å². The van der Waals surface area contributed by atoms with E-state index in [1.165, 1.54) is 6.21 Å². The lowest BCUT2D eigenvalue weighted by atomic mass is 10.1. The van der Waals surface area contributed by atoms with Crippen molar-refractivity contribution in [2.45, 2.75) is 13.8 Å². The molecule has 138 valence electrons. The number of phenols is 1. The van der Waals surface area contributed by atoms with Crippen LogP contribution in [0.4, 0.5) is 0 Å². The molecule has 0 unspecified atom stereocenters. The monoisotopic (exact) mass is 365 g/mol. The minimum atomic E-state index is -0.454. The predicted octanol–water partition coefficient (Wildman–Crippen LogP) is 3.52. The topological polar surface area (TPSA) is 97.0 Å². The average Bonchev–Trinajstić information content (AvgIpc) is 3.07. The molecular weight excluding hydrogens is 346 g/mol. The maximum absolute atomic E-state index is 12.6. The quantitative estimate of drug-likeness (QED) is 0.515. The minimum absolute atomic E-state index is 0.0384. The number of amides is 1. The van der Waals surface area contributed by atoms with E-state index in [4.69, 9.17) is 9.26 Å². The normalized spacial score (nSPS) is 10.9. The lowest BCUT2D eigenvalue weighted by Gasteiger charge is -2.07. The highest BCUT2D eigenvalue weighted by atomic mass is 16.5. The number of aromatic hydroxyl groups is 1. The summed E-state index contributed by atoms with van der Waals surface area (Å²) in [6, 6.07) is 14.3. The van der Waals surface area contributed by atoms with Crippen LogP contribution in [0.25, 0.3) is 11.3 Å². The van der Waals surface area contributed by atoms with E-state index in [1.54, 1.807) is 25.1 Å². The van der Waals surface area contributed by atoms with Crippen molar-refractivity contribution in [1.29, 1.82) is 0 Å². The summed E-state index contributed by atoms with van der Waals surface area (Å²) in [7, 11) is 0. The van der Waals surface area contributed by atoms with Crippen molar-refractivity contribution in [2.24, 2.45) is 5.10 Å². The maximum Gasteiger partial charge on any atom is 0.277 e. The van der Waals surface area contributed by atoms with Gasteiger partial charge in [0.2, 0.25) is 0 Å². The number of hydrogen-bond acceptors (Lipinski definition) is 6. The second-order valence-corrected chi connectivity index (χ2v) is 5.65. The van der Waals surface area contributed by atoms with Crippen molar-refractivity contribution >= 4 is 12.1 Å². The first kappa shape index (κ1) is 18.2. The number of para-hydroxylation sites is 1. The highest BCUT2D eigenvalue weighted by molar-refractivity contribution is 6.01. The largest absolute Gasteiger partial charge is 0.504 e. The zero-order valence-corrected chi connectivity index (χ0v) is 15.0. The van der Waals surface area contributed by atoms with Crippen molar-refractivity contribution in [3.8, 4) is 22.8 Å². The summed E-state index contributed by atoms with van der Waals surface area (Å²) >= 11 is 0. The number of ether oxygens (including phenoxy) is 1. The van der Waals surface area contributed by atoms with Crippen molar-refractivity contribution < 1.29 is 19.2 Å². The molecule has 0 spiro atoms. The molecule has 3 aromatic rings. The Morgan fingerprint density at radius 3 is 2.78 bits per heavy atom. The number of phenolic OH excluding ortho intramolecular Hbond substituents is 1. The van der Waals surface area contributed by atoms with Crippen LogP contribution in [0.3, 0.4) is 0 Å². The summed E-state index contributed by atoms with van der Waals surface area (Å²) in [6.07, 6.45) is 1.35. The Morgan fingerprint density at radius 1 is 1.26 bits per heavy atom. The van der Waals surface area contributed by atoms with Gasteiger partial charge in [0.05, 0.1) is 12.8 Å². The van der Waals surface area contributed by atoms with Crippen LogP contribution in [0.5, 0.6) is 11.5 Å². The molecule has 0 bridgehead atoms. The number of nitrogens with zero attached hydrogens (tertiary/aromatic N) is 2. The maximum atomic E-state index is 12.6. The van der Waals surface area contributed by atoms with Gasteiger partial charge < -0.3 is 14.4 Å². The fourth-order valence-corrected chi connectivity index (χ4v) is 2.56. The summed E-state index contributed by atoms with van der Waals surface area (Å²) in [6.45, 7) is 3.92. The van der Waals surface area contributed by atoms with Gasteiger partial charge in [0.15, 0.2) is 11.5 Å². The molecule has 1 amide bonds. The number of aryl methyl sites for hydroxylation is 1. The Bertz CT molecular complexity index is 965. The van der Waals surface area contributed by atoms with Crippen LogP contribution >= 0.6 is 0 Å². The molecule has 0 saturated carbocycles. The molecule has 0 saturated heterocycles. The van der Waals surface area contributed by atoms with E-state index in [1.807, 2.05) is 37.3 Å². The second-order valence-electron chi connectivity index (χ2n) is 5.65. The fraction of sp³-hybridized carbons (Fsp3) is 0.150. The molecule has 27 heavy (non-hydrogen) atoms. The Morgan fingerprint density at radius 2 is 2.04 bits per heavy atom. The summed E-state index contributed by atoms with van der Waals surface area (Å²) in [5, 5.41) is 18.1. The average molecular weight is 365 g/mol. The summed E-state index contributed by atoms with van der Waals surface area (Å²) in [5.74, 6) is 0.254. The Hall–Kier alpha value is -3.61. The smallest absolute Gasteiger partial charge is 0.277 e. The Labute approximate surface area is 156 Å². The van der Waals surface area contributed by atoms with Crippen molar-refractivity contribution in [3.63, 3.8) is 0 Å². The molecule has 0 aliphatic carbocycles. The van der Waals surface area contributed by atoms with Crippen LogP contribution in [0.2, 0.25) is 0 Å². The van der Waals surface area contributed by atoms with Crippen molar-refractivity contribution in [3.05, 3.63) is 65.4 Å². The van der Waals surface area contributed by atoms with Gasteiger partial charge in [0, 0.05) is 11.1 Å². The lowest BCUT2D eigenvalue weighted by molar-refractivity contribution is 0.0954. The molecule has 2 N–H and O–H groups in total. The Kier molecular flexibility index (Phi) is 5.51. The van der Waals surface area contributed by atoms with Crippen LogP contribution in [0, 0.1) is 6.92 Å². The molecule has 7 heteroatoms. The fourth-order valence-electron chi connectivity index (χ4n) is 2.56. The van der Waals surface area contributed by atoms with Crippen LogP contribution in [0.15, 0.2) is 58.2 Å². The van der Waals surface area contributed by atoms with Crippen LogP contribution in [0.1, 0.15) is 28.6 Å². The highest BCUT2D eigenvalue weighted by Gasteiger charge is 2.21. The van der Waals surface area contributed by atoms with Gasteiger partial charge in [-0.25, -0.2) is 5.43 Å². The molecule has 0 fully saturated rings. The number of rotatable bonds is 6. The van der Waals surface area contributed by atoms with Gasteiger partial charge in [0.25, 0.3) is 5.91 Å². The third-order valence-electron chi connectivity index (χ3n) is 3.84. The second kappa shape index (κ2) is 8.18. The predicted molar refractivity (Wildman–Crippen MR) is 101 cm³/mol. The summed E-state index contributed by atoms with van der Waals surface area (Å²) in [4.78, 5) is 12.6. The molecule has 0 atom stereocenters. The zero-order valence-electron chi connectivity index (χ0n) is 15.0. The minimum Gasteiger partial charge on any atom is -0.504 e. The first-order chi connectivity index (χ1) is 13.1. The van der Waals surface area contributed by atoms with E-state index < -0.39 is 5.91 Å². The molecule has 0 radical (unpaired) electrons. The van der Waals surface area contributed by atoms with Crippen LogP contribution in [-0.4, -0.2) is 29.0 Å². The van der Waals surface area contributed by atoms with E-state index in [9.17, 15) is 9.90 Å². The molecule has 3 rings (SSSR count). The van der Waals surface area contributed by atoms with Crippen molar-refractivity contribution in [1.82, 2.24) is 10.6 Å². The number of carbonyl (C=O) groups excluding carboxylic acids is 1. The molecule has 0 aliphatic heterocycles. The molecular formula is C20H19N3O4. The van der Waals surface area contributed by atoms with Gasteiger partial charge in [-0.2, -0.15) is 5.10 Å². The first-order valence-corrected chi connectivity index (χ1v) is 8.41. The molecule has 0 aliphatic rings. The molecule has 2 aromatic carbocycles. The number of hydrogen-bond donors (Lipinski definition) is 2. The Balaban J connectivity index is 1.79. The van der Waals surface area contributed by atoms with Gasteiger partial charge in [0.1, 0.15) is 17.0 Å². The molecule has 1 aromatic heterocycles. The number of aromatic nitrogens is 1. The van der Waals surface area contributed by atoms with Gasteiger partial charge in [-0.1, -0.05) is 41.6 Å². The first-order valence-electron chi connectivity index (χ1n) is 8.41. The van der Waals surface area contributed by atoms with E-state index >= 15 is 0 Å². The summed E-state index contributed by atoms with van der Waals surface area (Å²) in [5.41, 5.74) is 4.39. The lowest BCUT2D eigenvalue weighted by Crippen LogP contribution is -2.18. The standard InChI is InChI=1S/C20H19N3O4/c1-3-26-16-11-7-10-15(19(16)24)12-21-22-20(25)17-13(2)27-23-18(17)14-8-5-4-6-9-14/h4-12,24H,3H2,1-2H3,(H,22,25)/b21-12+. The van der Waals surface area contributed by atoms with E-state index in [0.29, 0.717) is 34.9 Å². The number of nitrogens with one attached hydrogen (secondary N) is 1. The van der Waals surface area contributed by atoms with E-state index in [2.05, 4.69) is 15.7 Å². The van der Waals surface area contributed by atoms with E-state index in [0.717, 1.165) is 5.56 Å². The van der Waals surface area contributed by atoms with E-state index in [-0.39, 0.29) is 5.75 Å². The highest BCUT2D eigenvalue weighted by Crippen LogP contribution is 2.28. The zero-order chi connectivity index (χ0) is 19.2. The van der Waals surface area contributed by atoms with Gasteiger partial charge in [-0.15, -0.1) is 0 Å². The van der Waals surface area contributed by atoms with Crippen LogP contribution in [-0.2, 0) is 0 Å². The number of carbonyl (C=O) groups is 1. The molecule has 7 nitrogen and oxygen atoms in total. The SMILES string of the molecule is CCOc1cccc(/C=N/NC(=O)c2c(-c3ccccc3)noc2C)c1O. The summed E-state index contributed by atoms with van der Waals surface area (Å²) < 4.78 is 10.5. The third-order valence-corrected chi connectivity index (χ3v) is 3.84. The van der Waals surface area contributed by atoms with Crippen molar-refractivity contribution in [2.75, 3.05) is 6.61 Å². The number of benzene rings is 2. The number of hydrazone groups is 1. The van der Waals surface area contributed by atoms with Gasteiger partial charge in [-0.05, 0) is 26.0 Å². The van der Waals surface area contributed by atoms with Crippen LogP contribution < -0.4 is 10.2 Å². The molecule has 1 heterocycles. The third kappa shape index (κ3) is 3.98. The van der Waals surface area contributed by atoms with Gasteiger partial charge in [-0.3, -0.25) is 4.79 Å².